The minimum absolute atomic E-state index is 0.0649. The standard InChI is InChI=1S/C12H7ClN4O2.C2H6/c13-12(18)10-3-4-11(19-10)17-7-9(15-16-17)8-2-1-5-14-6-8;1-2/h1-7H;1-2H3. The number of nitrogens with zero attached hydrogens (tertiary/aromatic N) is 4. The van der Waals surface area contributed by atoms with Gasteiger partial charge in [-0.1, -0.05) is 19.1 Å². The molecule has 0 amide bonds. The first-order valence-electron chi connectivity index (χ1n) is 6.37. The summed E-state index contributed by atoms with van der Waals surface area (Å²) in [6, 6.07) is 6.76. The number of hydrogen-bond donors (Lipinski definition) is 0. The molecule has 0 unspecified atom stereocenters. The van der Waals surface area contributed by atoms with Crippen LogP contribution >= 0.6 is 11.6 Å². The van der Waals surface area contributed by atoms with Crippen LogP contribution in [0.15, 0.2) is 47.3 Å². The molecule has 7 heteroatoms. The predicted molar refractivity (Wildman–Crippen MR) is 78.4 cm³/mol. The Morgan fingerprint density at radius 3 is 2.71 bits per heavy atom. The van der Waals surface area contributed by atoms with E-state index in [4.69, 9.17) is 16.0 Å². The summed E-state index contributed by atoms with van der Waals surface area (Å²) < 4.78 is 6.67. The number of rotatable bonds is 3. The number of aromatic nitrogens is 4. The summed E-state index contributed by atoms with van der Waals surface area (Å²) in [5.41, 5.74) is 1.50. The SMILES string of the molecule is CC.O=C(Cl)c1ccc(-n2cc(-c3cccnc3)nn2)o1. The second-order valence-electron chi connectivity index (χ2n) is 3.70. The van der Waals surface area contributed by atoms with E-state index in [2.05, 4.69) is 15.3 Å². The number of carbonyl (C=O) groups excluding carboxylic acids is 1. The Kier molecular flexibility index (Phi) is 4.84. The van der Waals surface area contributed by atoms with Crippen LogP contribution in [0.5, 0.6) is 0 Å². The molecule has 0 aliphatic carbocycles. The molecule has 0 atom stereocenters. The monoisotopic (exact) mass is 304 g/mol. The first kappa shape index (κ1) is 14.9. The van der Waals surface area contributed by atoms with E-state index in [1.165, 1.54) is 10.7 Å². The summed E-state index contributed by atoms with van der Waals surface area (Å²) in [5, 5.41) is 7.28. The zero-order valence-electron chi connectivity index (χ0n) is 11.5. The Morgan fingerprint density at radius 2 is 2.10 bits per heavy atom. The fraction of sp³-hybridized carbons (Fsp3) is 0.143. The molecule has 0 spiro atoms. The predicted octanol–water partition coefficient (Wildman–Crippen LogP) is 3.33. The average molecular weight is 305 g/mol. The Hall–Kier alpha value is -2.47. The van der Waals surface area contributed by atoms with Crippen molar-refractivity contribution < 1.29 is 9.21 Å². The highest BCUT2D eigenvalue weighted by Gasteiger charge is 2.11. The van der Waals surface area contributed by atoms with Crippen molar-refractivity contribution in [2.24, 2.45) is 0 Å². The first-order valence-corrected chi connectivity index (χ1v) is 6.74. The number of halogens is 1. The van der Waals surface area contributed by atoms with Gasteiger partial charge >= 0.3 is 0 Å². The third-order valence-electron chi connectivity index (χ3n) is 2.46. The van der Waals surface area contributed by atoms with E-state index in [1.807, 2.05) is 26.0 Å². The molecule has 3 rings (SSSR count). The summed E-state index contributed by atoms with van der Waals surface area (Å²) in [4.78, 5) is 14.9. The molecule has 0 saturated carbocycles. The lowest BCUT2D eigenvalue weighted by Crippen LogP contribution is -1.92. The van der Waals surface area contributed by atoms with Gasteiger partial charge in [0.1, 0.15) is 5.69 Å². The molecule has 0 radical (unpaired) electrons. The summed E-state index contributed by atoms with van der Waals surface area (Å²) in [7, 11) is 0. The van der Waals surface area contributed by atoms with Crippen LogP contribution < -0.4 is 0 Å². The molecule has 21 heavy (non-hydrogen) atoms. The van der Waals surface area contributed by atoms with E-state index in [0.29, 0.717) is 11.6 Å². The van der Waals surface area contributed by atoms with Crippen molar-refractivity contribution in [2.75, 3.05) is 0 Å². The van der Waals surface area contributed by atoms with Crippen molar-refractivity contribution >= 4 is 16.8 Å². The lowest BCUT2D eigenvalue weighted by molar-refractivity contribution is 0.105. The van der Waals surface area contributed by atoms with Crippen LogP contribution in [0.4, 0.5) is 0 Å². The number of furan rings is 1. The molecule has 0 bridgehead atoms. The topological polar surface area (TPSA) is 73.8 Å². The fourth-order valence-electron chi connectivity index (χ4n) is 1.57. The van der Waals surface area contributed by atoms with E-state index in [9.17, 15) is 4.79 Å². The van der Waals surface area contributed by atoms with Crippen molar-refractivity contribution in [3.05, 3.63) is 48.6 Å². The molecular weight excluding hydrogens is 292 g/mol. The largest absolute Gasteiger partial charge is 0.434 e. The summed E-state index contributed by atoms with van der Waals surface area (Å²) in [6.45, 7) is 4.00. The van der Waals surface area contributed by atoms with Crippen LogP contribution in [0.25, 0.3) is 17.1 Å². The van der Waals surface area contributed by atoms with Crippen molar-refractivity contribution in [3.8, 4) is 17.1 Å². The molecule has 0 aliphatic rings. The Morgan fingerprint density at radius 1 is 1.29 bits per heavy atom. The van der Waals surface area contributed by atoms with Gasteiger partial charge in [-0.25, -0.2) is 0 Å². The minimum atomic E-state index is -0.654. The van der Waals surface area contributed by atoms with E-state index < -0.39 is 5.24 Å². The second kappa shape index (κ2) is 6.81. The molecule has 0 aliphatic heterocycles. The van der Waals surface area contributed by atoms with Gasteiger partial charge in [0, 0.05) is 24.0 Å². The zero-order chi connectivity index (χ0) is 15.2. The minimum Gasteiger partial charge on any atom is -0.434 e. The maximum absolute atomic E-state index is 10.9. The van der Waals surface area contributed by atoms with Crippen molar-refractivity contribution in [3.63, 3.8) is 0 Å². The lowest BCUT2D eigenvalue weighted by atomic mass is 10.2. The number of carbonyl (C=O) groups is 1. The van der Waals surface area contributed by atoms with Gasteiger partial charge in [-0.2, -0.15) is 4.68 Å². The molecular formula is C14H13ClN4O2. The van der Waals surface area contributed by atoms with E-state index >= 15 is 0 Å². The van der Waals surface area contributed by atoms with Crippen LogP contribution in [-0.2, 0) is 0 Å². The van der Waals surface area contributed by atoms with Gasteiger partial charge in [0.15, 0.2) is 5.76 Å². The van der Waals surface area contributed by atoms with Gasteiger partial charge in [-0.3, -0.25) is 9.78 Å². The Balaban J connectivity index is 0.000000774. The summed E-state index contributed by atoms with van der Waals surface area (Å²) in [6.07, 6.45) is 5.04. The second-order valence-corrected chi connectivity index (χ2v) is 4.04. The van der Waals surface area contributed by atoms with Crippen LogP contribution in [0, 0.1) is 0 Å². The smallest absolute Gasteiger partial charge is 0.287 e. The Bertz CT molecular complexity index is 721. The van der Waals surface area contributed by atoms with E-state index in [1.54, 1.807) is 24.7 Å². The van der Waals surface area contributed by atoms with Gasteiger partial charge in [0.2, 0.25) is 5.88 Å². The van der Waals surface area contributed by atoms with Crippen LogP contribution in [0.1, 0.15) is 24.4 Å². The lowest BCUT2D eigenvalue weighted by Gasteiger charge is -1.93. The third kappa shape index (κ3) is 3.35. The highest BCUT2D eigenvalue weighted by Crippen LogP contribution is 2.18. The van der Waals surface area contributed by atoms with Crippen LogP contribution in [0.3, 0.4) is 0 Å². The molecule has 108 valence electrons. The quantitative estimate of drug-likeness (QED) is 0.694. The summed E-state index contributed by atoms with van der Waals surface area (Å²) >= 11 is 5.32. The van der Waals surface area contributed by atoms with Crippen molar-refractivity contribution in [1.82, 2.24) is 20.0 Å². The number of pyridine rings is 1. The molecule has 0 aromatic carbocycles. The van der Waals surface area contributed by atoms with Gasteiger partial charge in [0.05, 0.1) is 6.20 Å². The highest BCUT2D eigenvalue weighted by atomic mass is 35.5. The average Bonchev–Trinajstić information content (AvgIpc) is 3.19. The van der Waals surface area contributed by atoms with Crippen molar-refractivity contribution in [2.45, 2.75) is 13.8 Å². The van der Waals surface area contributed by atoms with Crippen LogP contribution in [0.2, 0.25) is 0 Å². The maximum Gasteiger partial charge on any atom is 0.287 e. The van der Waals surface area contributed by atoms with Gasteiger partial charge in [-0.15, -0.1) is 5.10 Å². The van der Waals surface area contributed by atoms with Gasteiger partial charge in [-0.05, 0) is 29.8 Å². The third-order valence-corrected chi connectivity index (χ3v) is 2.65. The molecule has 0 fully saturated rings. The normalized spacial score (nSPS) is 9.86. The molecule has 3 aromatic rings. The van der Waals surface area contributed by atoms with Gasteiger partial charge in [0.25, 0.3) is 5.24 Å². The molecule has 3 heterocycles. The van der Waals surface area contributed by atoms with E-state index in [-0.39, 0.29) is 5.76 Å². The molecule has 6 nitrogen and oxygen atoms in total. The first-order chi connectivity index (χ1) is 10.2. The van der Waals surface area contributed by atoms with E-state index in [0.717, 1.165) is 5.56 Å². The Labute approximate surface area is 126 Å². The van der Waals surface area contributed by atoms with Crippen LogP contribution in [-0.4, -0.2) is 25.2 Å². The summed E-state index contributed by atoms with van der Waals surface area (Å²) in [5.74, 6) is 0.432. The van der Waals surface area contributed by atoms with Gasteiger partial charge < -0.3 is 4.42 Å². The zero-order valence-corrected chi connectivity index (χ0v) is 12.3. The molecule has 0 N–H and O–H groups in total. The maximum atomic E-state index is 10.9. The highest BCUT2D eigenvalue weighted by molar-refractivity contribution is 6.67. The number of hydrogen-bond acceptors (Lipinski definition) is 5. The fourth-order valence-corrected chi connectivity index (χ4v) is 1.68. The molecule has 0 saturated heterocycles. The van der Waals surface area contributed by atoms with Crippen molar-refractivity contribution in [1.29, 1.82) is 0 Å². The molecule has 3 aromatic heterocycles.